The van der Waals surface area contributed by atoms with Crippen LogP contribution in [0.3, 0.4) is 0 Å². The zero-order valence-corrected chi connectivity index (χ0v) is 20.0. The fourth-order valence-electron chi connectivity index (χ4n) is 3.70. The predicted molar refractivity (Wildman–Crippen MR) is 124 cm³/mol. The molecule has 8 nitrogen and oxygen atoms in total. The summed E-state index contributed by atoms with van der Waals surface area (Å²) in [6.07, 6.45) is 1.02. The van der Waals surface area contributed by atoms with Crippen molar-refractivity contribution in [2.45, 2.75) is 44.2 Å². The van der Waals surface area contributed by atoms with E-state index < -0.39 is 34.4 Å². The number of benzene rings is 2. The smallest absolute Gasteiger partial charge is 0.269 e. The Bertz CT molecular complexity index is 1170. The summed E-state index contributed by atoms with van der Waals surface area (Å²) in [4.78, 5) is 40.2. The topological polar surface area (TPSA) is 104 Å². The second kappa shape index (κ2) is 10.4. The van der Waals surface area contributed by atoms with Gasteiger partial charge in [0, 0.05) is 18.1 Å². The Morgan fingerprint density at radius 1 is 1.09 bits per heavy atom. The van der Waals surface area contributed by atoms with E-state index in [1.54, 1.807) is 37.3 Å². The molecule has 176 valence electrons. The number of hydrogen-bond acceptors (Lipinski definition) is 5. The monoisotopic (exact) mass is 491 g/mol. The van der Waals surface area contributed by atoms with E-state index in [2.05, 4.69) is 5.32 Å². The summed E-state index contributed by atoms with van der Waals surface area (Å²) in [7, 11) is -4.16. The van der Waals surface area contributed by atoms with Gasteiger partial charge in [-0.05, 0) is 36.6 Å². The molecule has 0 bridgehead atoms. The standard InChI is InChI=1S/C23H26ClN3O5S/c1-3-13-25-22(29)19(4-2)26(14-16-9-5-7-11-18(16)24)21(28)15-27-23(30)17-10-6-8-12-20(17)33(27,31)32/h5-12,19H,3-4,13-15H2,1-2H3,(H,25,29)/t19-/m0/s1. The van der Waals surface area contributed by atoms with Crippen LogP contribution in [0.15, 0.2) is 53.4 Å². The van der Waals surface area contributed by atoms with Crippen LogP contribution >= 0.6 is 11.6 Å². The fourth-order valence-corrected chi connectivity index (χ4v) is 5.41. The van der Waals surface area contributed by atoms with E-state index in [-0.39, 0.29) is 22.9 Å². The lowest BCUT2D eigenvalue weighted by Crippen LogP contribution is -2.52. The fraction of sp³-hybridized carbons (Fsp3) is 0.348. The third kappa shape index (κ3) is 5.04. The van der Waals surface area contributed by atoms with Gasteiger partial charge in [0.25, 0.3) is 15.9 Å². The number of hydrogen-bond donors (Lipinski definition) is 1. The Labute approximate surface area is 198 Å². The number of halogens is 1. The molecular weight excluding hydrogens is 466 g/mol. The third-order valence-corrected chi connectivity index (χ3v) is 7.58. The number of nitrogens with zero attached hydrogens (tertiary/aromatic N) is 2. The second-order valence-electron chi connectivity index (χ2n) is 7.64. The molecule has 0 aliphatic carbocycles. The first-order valence-electron chi connectivity index (χ1n) is 10.7. The van der Waals surface area contributed by atoms with Gasteiger partial charge in [0.1, 0.15) is 17.5 Å². The molecular formula is C23H26ClN3O5S. The highest BCUT2D eigenvalue weighted by atomic mass is 35.5. The minimum absolute atomic E-state index is 0.00835. The SMILES string of the molecule is CCCNC(=O)[C@H](CC)N(Cc1ccccc1Cl)C(=O)CN1C(=O)c2ccccc2S1(=O)=O. The van der Waals surface area contributed by atoms with Crippen LogP contribution in [0.5, 0.6) is 0 Å². The maximum Gasteiger partial charge on any atom is 0.269 e. The first-order valence-corrected chi connectivity index (χ1v) is 12.5. The summed E-state index contributed by atoms with van der Waals surface area (Å²) in [5, 5.41) is 3.20. The Morgan fingerprint density at radius 2 is 1.76 bits per heavy atom. The molecule has 0 spiro atoms. The molecule has 2 aromatic rings. The van der Waals surface area contributed by atoms with Crippen LogP contribution < -0.4 is 5.32 Å². The van der Waals surface area contributed by atoms with Crippen molar-refractivity contribution >= 4 is 39.3 Å². The molecule has 1 N–H and O–H groups in total. The molecule has 33 heavy (non-hydrogen) atoms. The van der Waals surface area contributed by atoms with Crippen LogP contribution in [0, 0.1) is 0 Å². The summed E-state index contributed by atoms with van der Waals surface area (Å²) in [6.45, 7) is 3.40. The number of carbonyl (C=O) groups excluding carboxylic acids is 3. The maximum absolute atomic E-state index is 13.4. The van der Waals surface area contributed by atoms with Gasteiger partial charge < -0.3 is 10.2 Å². The van der Waals surface area contributed by atoms with E-state index in [1.807, 2.05) is 6.92 Å². The molecule has 10 heteroatoms. The summed E-state index contributed by atoms with van der Waals surface area (Å²) < 4.78 is 26.4. The van der Waals surface area contributed by atoms with E-state index in [9.17, 15) is 22.8 Å². The van der Waals surface area contributed by atoms with Crippen molar-refractivity contribution in [1.82, 2.24) is 14.5 Å². The van der Waals surface area contributed by atoms with Crippen LogP contribution in [0.4, 0.5) is 0 Å². The van der Waals surface area contributed by atoms with Gasteiger partial charge in [-0.3, -0.25) is 14.4 Å². The average Bonchev–Trinajstić information content (AvgIpc) is 2.99. The minimum Gasteiger partial charge on any atom is -0.354 e. The number of rotatable bonds is 9. The third-order valence-electron chi connectivity index (χ3n) is 5.42. The second-order valence-corrected chi connectivity index (χ2v) is 9.88. The molecule has 1 aliphatic heterocycles. The van der Waals surface area contributed by atoms with Crippen LogP contribution in [0.25, 0.3) is 0 Å². The summed E-state index contributed by atoms with van der Waals surface area (Å²) >= 11 is 6.28. The molecule has 2 aromatic carbocycles. The normalized spacial score (nSPS) is 15.1. The Balaban J connectivity index is 1.93. The van der Waals surface area contributed by atoms with Gasteiger partial charge in [0.2, 0.25) is 11.8 Å². The van der Waals surface area contributed by atoms with E-state index >= 15 is 0 Å². The predicted octanol–water partition coefficient (Wildman–Crippen LogP) is 2.82. The Kier molecular flexibility index (Phi) is 7.76. The molecule has 1 atom stereocenters. The molecule has 1 heterocycles. The first kappa shape index (κ1) is 24.7. The molecule has 0 fully saturated rings. The summed E-state index contributed by atoms with van der Waals surface area (Å²) in [5.41, 5.74) is 0.629. The molecule has 0 radical (unpaired) electrons. The van der Waals surface area contributed by atoms with Crippen molar-refractivity contribution in [3.63, 3.8) is 0 Å². The lowest BCUT2D eigenvalue weighted by Gasteiger charge is -2.32. The average molecular weight is 492 g/mol. The molecule has 0 saturated carbocycles. The first-order chi connectivity index (χ1) is 15.7. The van der Waals surface area contributed by atoms with Crippen LogP contribution in [-0.4, -0.2) is 54.5 Å². The molecule has 0 unspecified atom stereocenters. The zero-order valence-electron chi connectivity index (χ0n) is 18.5. The van der Waals surface area contributed by atoms with E-state index in [1.165, 1.54) is 23.1 Å². The van der Waals surface area contributed by atoms with Crippen molar-refractivity contribution in [3.8, 4) is 0 Å². The molecule has 3 amide bonds. The highest BCUT2D eigenvalue weighted by molar-refractivity contribution is 7.90. The van der Waals surface area contributed by atoms with Crippen molar-refractivity contribution < 1.29 is 22.8 Å². The molecule has 1 aliphatic rings. The number of nitrogens with one attached hydrogen (secondary N) is 1. The van der Waals surface area contributed by atoms with Crippen LogP contribution in [-0.2, 0) is 26.2 Å². The number of amides is 3. The number of carbonyl (C=O) groups is 3. The van der Waals surface area contributed by atoms with Gasteiger partial charge >= 0.3 is 0 Å². The summed E-state index contributed by atoms with van der Waals surface area (Å²) in [6, 6.07) is 11.9. The molecule has 0 aromatic heterocycles. The van der Waals surface area contributed by atoms with Gasteiger partial charge in [-0.2, -0.15) is 0 Å². The van der Waals surface area contributed by atoms with Crippen molar-refractivity contribution in [3.05, 3.63) is 64.7 Å². The molecule has 0 saturated heterocycles. The zero-order chi connectivity index (χ0) is 24.2. The van der Waals surface area contributed by atoms with Gasteiger partial charge in [0.05, 0.1) is 5.56 Å². The van der Waals surface area contributed by atoms with Gasteiger partial charge in [-0.1, -0.05) is 55.8 Å². The van der Waals surface area contributed by atoms with Crippen LogP contribution in [0.2, 0.25) is 5.02 Å². The minimum atomic E-state index is -4.16. The van der Waals surface area contributed by atoms with Crippen LogP contribution in [0.1, 0.15) is 42.6 Å². The largest absolute Gasteiger partial charge is 0.354 e. The quantitative estimate of drug-likeness (QED) is 0.581. The Hall–Kier alpha value is -2.91. The number of sulfonamides is 1. The van der Waals surface area contributed by atoms with Gasteiger partial charge in [-0.25, -0.2) is 12.7 Å². The number of fused-ring (bicyclic) bond motifs is 1. The van der Waals surface area contributed by atoms with Crippen molar-refractivity contribution in [2.24, 2.45) is 0 Å². The summed E-state index contributed by atoms with van der Waals surface area (Å²) in [5.74, 6) is -1.78. The van der Waals surface area contributed by atoms with E-state index in [0.717, 1.165) is 6.42 Å². The van der Waals surface area contributed by atoms with Gasteiger partial charge in [-0.15, -0.1) is 0 Å². The molecule has 3 rings (SSSR count). The van der Waals surface area contributed by atoms with E-state index in [0.29, 0.717) is 27.9 Å². The van der Waals surface area contributed by atoms with E-state index in [4.69, 9.17) is 11.6 Å². The van der Waals surface area contributed by atoms with Crippen molar-refractivity contribution in [2.75, 3.05) is 13.1 Å². The van der Waals surface area contributed by atoms with Crippen molar-refractivity contribution in [1.29, 1.82) is 0 Å². The van der Waals surface area contributed by atoms with Gasteiger partial charge in [0.15, 0.2) is 0 Å². The Morgan fingerprint density at radius 3 is 2.39 bits per heavy atom. The lowest BCUT2D eigenvalue weighted by molar-refractivity contribution is -0.141. The lowest BCUT2D eigenvalue weighted by atomic mass is 10.1. The highest BCUT2D eigenvalue weighted by Gasteiger charge is 2.43. The maximum atomic E-state index is 13.4. The highest BCUT2D eigenvalue weighted by Crippen LogP contribution is 2.30.